The van der Waals surface area contributed by atoms with Gasteiger partial charge in [0.15, 0.2) is 5.78 Å². The van der Waals surface area contributed by atoms with Crippen LogP contribution in [0.5, 0.6) is 0 Å². The molecule has 0 radical (unpaired) electrons. The van der Waals surface area contributed by atoms with Gasteiger partial charge in [0, 0.05) is 12.8 Å². The van der Waals surface area contributed by atoms with Gasteiger partial charge in [0.05, 0.1) is 12.7 Å². The van der Waals surface area contributed by atoms with Crippen molar-refractivity contribution in [2.45, 2.75) is 57.3 Å². The van der Waals surface area contributed by atoms with Crippen LogP contribution in [0.15, 0.2) is 30.3 Å². The molecule has 1 aromatic rings. The van der Waals surface area contributed by atoms with E-state index in [0.717, 1.165) is 18.4 Å². The summed E-state index contributed by atoms with van der Waals surface area (Å²) in [5.74, 6) is -0.0565. The Hall–Kier alpha value is -1.19. The highest BCUT2D eigenvalue weighted by Crippen LogP contribution is 2.33. The van der Waals surface area contributed by atoms with E-state index >= 15 is 0 Å². The van der Waals surface area contributed by atoms with Crippen molar-refractivity contribution in [3.8, 4) is 0 Å². The molecule has 0 bridgehead atoms. The van der Waals surface area contributed by atoms with Crippen LogP contribution >= 0.6 is 0 Å². The minimum Gasteiger partial charge on any atom is -0.382 e. The largest absolute Gasteiger partial charge is 0.382 e. The minimum absolute atomic E-state index is 0.0565. The van der Waals surface area contributed by atoms with Gasteiger partial charge in [-0.15, -0.1) is 0 Å². The highest BCUT2D eigenvalue weighted by Gasteiger charge is 2.44. The zero-order chi connectivity index (χ0) is 13.7. The lowest BCUT2D eigenvalue weighted by Gasteiger charge is -2.20. The zero-order valence-corrected chi connectivity index (χ0v) is 11.5. The maximum absolute atomic E-state index is 11.9. The van der Waals surface area contributed by atoms with Crippen molar-refractivity contribution in [1.29, 1.82) is 0 Å². The lowest BCUT2D eigenvalue weighted by Crippen LogP contribution is -2.33. The monoisotopic (exact) mass is 262 g/mol. The van der Waals surface area contributed by atoms with Crippen molar-refractivity contribution < 1.29 is 14.6 Å². The van der Waals surface area contributed by atoms with E-state index in [1.807, 2.05) is 30.3 Å². The van der Waals surface area contributed by atoms with Gasteiger partial charge in [0.25, 0.3) is 0 Å². The third-order valence-corrected chi connectivity index (χ3v) is 3.77. The summed E-state index contributed by atoms with van der Waals surface area (Å²) >= 11 is 0. The normalized spacial score (nSPS) is 26.8. The number of hydrogen-bond acceptors (Lipinski definition) is 3. The molecule has 3 heteroatoms. The first kappa shape index (κ1) is 14.2. The van der Waals surface area contributed by atoms with E-state index in [0.29, 0.717) is 25.9 Å². The number of ketones is 1. The fraction of sp³-hybridized carbons (Fsp3) is 0.562. The SMILES string of the molecule is CCCCC1(O)CC(OCc2ccccc2)CC1=O. The molecule has 2 rings (SSSR count). The standard InChI is InChI=1S/C16H22O3/c1-2-3-9-16(18)11-14(10-15(16)17)19-12-13-7-5-4-6-8-13/h4-8,14,18H,2-3,9-12H2,1H3. The Labute approximate surface area is 114 Å². The summed E-state index contributed by atoms with van der Waals surface area (Å²) < 4.78 is 5.75. The number of Topliss-reactive ketones (excluding diaryl/α,β-unsaturated/α-hetero) is 1. The van der Waals surface area contributed by atoms with Crippen molar-refractivity contribution in [2.24, 2.45) is 0 Å². The van der Waals surface area contributed by atoms with E-state index in [1.54, 1.807) is 0 Å². The zero-order valence-electron chi connectivity index (χ0n) is 11.5. The topological polar surface area (TPSA) is 46.5 Å². The Morgan fingerprint density at radius 3 is 2.79 bits per heavy atom. The summed E-state index contributed by atoms with van der Waals surface area (Å²) in [6.07, 6.45) is 3.08. The molecule has 2 atom stereocenters. The summed E-state index contributed by atoms with van der Waals surface area (Å²) in [7, 11) is 0. The molecule has 1 saturated carbocycles. The van der Waals surface area contributed by atoms with Gasteiger partial charge in [-0.05, 0) is 12.0 Å². The van der Waals surface area contributed by atoms with Crippen molar-refractivity contribution >= 4 is 5.78 Å². The summed E-state index contributed by atoms with van der Waals surface area (Å²) in [4.78, 5) is 11.9. The Bertz CT molecular complexity index is 415. The van der Waals surface area contributed by atoms with Gasteiger partial charge in [0.2, 0.25) is 0 Å². The van der Waals surface area contributed by atoms with Crippen LogP contribution in [0.2, 0.25) is 0 Å². The summed E-state index contributed by atoms with van der Waals surface area (Å²) in [5.41, 5.74) is -0.0453. The molecule has 1 aliphatic carbocycles. The van der Waals surface area contributed by atoms with E-state index in [-0.39, 0.29) is 11.9 Å². The Kier molecular flexibility index (Phi) is 4.72. The van der Waals surface area contributed by atoms with Crippen molar-refractivity contribution in [3.63, 3.8) is 0 Å². The quantitative estimate of drug-likeness (QED) is 0.857. The second-order valence-corrected chi connectivity index (χ2v) is 5.39. The van der Waals surface area contributed by atoms with Gasteiger partial charge in [-0.25, -0.2) is 0 Å². The number of unbranched alkanes of at least 4 members (excludes halogenated alkanes) is 1. The number of ether oxygens (including phenoxy) is 1. The van der Waals surface area contributed by atoms with Crippen LogP contribution in [0, 0.1) is 0 Å². The lowest BCUT2D eigenvalue weighted by atomic mass is 9.94. The summed E-state index contributed by atoms with van der Waals surface area (Å²) in [5, 5.41) is 10.3. The predicted molar refractivity (Wildman–Crippen MR) is 73.7 cm³/mol. The molecule has 0 saturated heterocycles. The average Bonchev–Trinajstić information content (AvgIpc) is 2.71. The molecule has 1 aliphatic rings. The van der Waals surface area contributed by atoms with Gasteiger partial charge >= 0.3 is 0 Å². The first-order chi connectivity index (χ1) is 9.14. The summed E-state index contributed by atoms with van der Waals surface area (Å²) in [6, 6.07) is 9.90. The molecule has 0 amide bonds. The van der Waals surface area contributed by atoms with Crippen LogP contribution < -0.4 is 0 Å². The van der Waals surface area contributed by atoms with Crippen LogP contribution in [0.4, 0.5) is 0 Å². The van der Waals surface area contributed by atoms with Crippen molar-refractivity contribution in [1.82, 2.24) is 0 Å². The average molecular weight is 262 g/mol. The van der Waals surface area contributed by atoms with Gasteiger partial charge in [-0.2, -0.15) is 0 Å². The van der Waals surface area contributed by atoms with E-state index in [4.69, 9.17) is 4.74 Å². The molecule has 0 spiro atoms. The number of carbonyl (C=O) groups excluding carboxylic acids is 1. The number of benzene rings is 1. The van der Waals surface area contributed by atoms with Crippen molar-refractivity contribution in [2.75, 3.05) is 0 Å². The minimum atomic E-state index is -1.14. The fourth-order valence-corrected chi connectivity index (χ4v) is 2.58. The highest BCUT2D eigenvalue weighted by atomic mass is 16.5. The number of hydrogen-bond donors (Lipinski definition) is 1. The second-order valence-electron chi connectivity index (χ2n) is 5.39. The molecule has 1 N–H and O–H groups in total. The van der Waals surface area contributed by atoms with Gasteiger partial charge in [0.1, 0.15) is 5.60 Å². The molecule has 3 nitrogen and oxygen atoms in total. The number of carbonyl (C=O) groups is 1. The van der Waals surface area contributed by atoms with Crippen LogP contribution in [-0.4, -0.2) is 22.6 Å². The van der Waals surface area contributed by atoms with Gasteiger partial charge < -0.3 is 9.84 Å². The van der Waals surface area contributed by atoms with Gasteiger partial charge in [-0.3, -0.25) is 4.79 Å². The Morgan fingerprint density at radius 2 is 2.11 bits per heavy atom. The van der Waals surface area contributed by atoms with E-state index in [1.165, 1.54) is 0 Å². The molecule has 1 fully saturated rings. The Morgan fingerprint density at radius 1 is 1.37 bits per heavy atom. The molecule has 2 unspecified atom stereocenters. The van der Waals surface area contributed by atoms with E-state index < -0.39 is 5.60 Å². The maximum atomic E-state index is 11.9. The summed E-state index contributed by atoms with van der Waals surface area (Å²) in [6.45, 7) is 2.56. The van der Waals surface area contributed by atoms with Crippen molar-refractivity contribution in [3.05, 3.63) is 35.9 Å². The van der Waals surface area contributed by atoms with Gasteiger partial charge in [-0.1, -0.05) is 50.1 Å². The molecule has 0 heterocycles. The maximum Gasteiger partial charge on any atom is 0.167 e. The first-order valence-corrected chi connectivity index (χ1v) is 7.05. The number of aliphatic hydroxyl groups is 1. The van der Waals surface area contributed by atoms with Crippen LogP contribution in [0.1, 0.15) is 44.6 Å². The first-order valence-electron chi connectivity index (χ1n) is 7.05. The van der Waals surface area contributed by atoms with E-state index in [2.05, 4.69) is 6.92 Å². The fourth-order valence-electron chi connectivity index (χ4n) is 2.58. The molecular weight excluding hydrogens is 240 g/mol. The predicted octanol–water partition coefficient (Wildman–Crippen LogP) is 2.86. The van der Waals surface area contributed by atoms with Crippen LogP contribution in [0.3, 0.4) is 0 Å². The Balaban J connectivity index is 1.85. The third-order valence-electron chi connectivity index (χ3n) is 3.77. The lowest BCUT2D eigenvalue weighted by molar-refractivity contribution is -0.134. The second kappa shape index (κ2) is 6.31. The van der Waals surface area contributed by atoms with Crippen LogP contribution in [0.25, 0.3) is 0 Å². The number of rotatable bonds is 6. The molecule has 1 aromatic carbocycles. The van der Waals surface area contributed by atoms with E-state index in [9.17, 15) is 9.90 Å². The third kappa shape index (κ3) is 3.64. The molecular formula is C16H22O3. The molecule has 104 valence electrons. The highest BCUT2D eigenvalue weighted by molar-refractivity contribution is 5.89. The van der Waals surface area contributed by atoms with Crippen LogP contribution in [-0.2, 0) is 16.1 Å². The molecule has 0 aliphatic heterocycles. The smallest absolute Gasteiger partial charge is 0.167 e. The molecule has 0 aromatic heterocycles. The molecule has 19 heavy (non-hydrogen) atoms.